The number of carbonyl (C=O) groups is 1. The van der Waals surface area contributed by atoms with E-state index in [1.165, 1.54) is 0 Å². The van der Waals surface area contributed by atoms with Crippen molar-refractivity contribution in [2.75, 3.05) is 13.1 Å². The van der Waals surface area contributed by atoms with Gasteiger partial charge in [-0.3, -0.25) is 4.79 Å². The van der Waals surface area contributed by atoms with E-state index >= 15 is 0 Å². The van der Waals surface area contributed by atoms with E-state index in [0.717, 1.165) is 25.8 Å². The average Bonchev–Trinajstić information content (AvgIpc) is 3.00. The maximum atomic E-state index is 13.0. The number of rotatable bonds is 3. The van der Waals surface area contributed by atoms with Crippen LogP contribution in [-0.4, -0.2) is 40.1 Å². The molecule has 2 heterocycles. The molecule has 1 amide bonds. The van der Waals surface area contributed by atoms with E-state index < -0.39 is 0 Å². The zero-order valence-corrected chi connectivity index (χ0v) is 12.7. The second-order valence-corrected chi connectivity index (χ2v) is 5.58. The lowest BCUT2D eigenvalue weighted by molar-refractivity contribution is 0.0624. The summed E-state index contributed by atoms with van der Waals surface area (Å²) in [4.78, 5) is 19.1. The Labute approximate surface area is 129 Å². The van der Waals surface area contributed by atoms with Gasteiger partial charge in [0.1, 0.15) is 0 Å². The van der Waals surface area contributed by atoms with E-state index in [2.05, 4.69) is 10.1 Å². The maximum absolute atomic E-state index is 13.0. The first-order valence-electron chi connectivity index (χ1n) is 7.61. The maximum Gasteiger partial charge on any atom is 0.258 e. The van der Waals surface area contributed by atoms with Crippen molar-refractivity contribution in [1.29, 1.82) is 0 Å². The van der Waals surface area contributed by atoms with Crippen molar-refractivity contribution in [1.82, 2.24) is 15.0 Å². The third-order valence-corrected chi connectivity index (χ3v) is 4.08. The Balaban J connectivity index is 1.96. The molecule has 22 heavy (non-hydrogen) atoms. The van der Waals surface area contributed by atoms with Crippen LogP contribution in [0, 0.1) is 6.92 Å². The fourth-order valence-electron chi connectivity index (χ4n) is 2.93. The van der Waals surface area contributed by atoms with Crippen LogP contribution in [0.4, 0.5) is 0 Å². The van der Waals surface area contributed by atoms with Gasteiger partial charge in [-0.15, -0.1) is 0 Å². The van der Waals surface area contributed by atoms with Crippen molar-refractivity contribution < 1.29 is 9.32 Å². The molecule has 116 valence electrons. The first-order valence-corrected chi connectivity index (χ1v) is 7.61. The van der Waals surface area contributed by atoms with Gasteiger partial charge in [-0.1, -0.05) is 17.3 Å². The normalized spacial score (nSPS) is 18.5. The number of benzene rings is 1. The summed E-state index contributed by atoms with van der Waals surface area (Å²) in [6, 6.07) is 7.46. The SMILES string of the molecule is Cc1noc(-c2ccccc2C(=O)N2CCCCC2CN)n1. The first kappa shape index (κ1) is 14.7. The number of aromatic nitrogens is 2. The molecule has 1 saturated heterocycles. The summed E-state index contributed by atoms with van der Waals surface area (Å²) in [5.74, 6) is 0.916. The van der Waals surface area contributed by atoms with Gasteiger partial charge in [0.15, 0.2) is 5.82 Å². The third-order valence-electron chi connectivity index (χ3n) is 4.08. The Morgan fingerprint density at radius 1 is 1.41 bits per heavy atom. The smallest absolute Gasteiger partial charge is 0.258 e. The number of likely N-dealkylation sites (tertiary alicyclic amines) is 1. The minimum absolute atomic E-state index is 0.0124. The van der Waals surface area contributed by atoms with Crippen LogP contribution in [0.15, 0.2) is 28.8 Å². The quantitative estimate of drug-likeness (QED) is 0.937. The molecule has 6 nitrogen and oxygen atoms in total. The molecular formula is C16H20N4O2. The van der Waals surface area contributed by atoms with Crippen LogP contribution in [0.25, 0.3) is 11.5 Å². The van der Waals surface area contributed by atoms with Gasteiger partial charge in [-0.2, -0.15) is 4.98 Å². The van der Waals surface area contributed by atoms with E-state index in [4.69, 9.17) is 10.3 Å². The predicted octanol–water partition coefficient (Wildman–Crippen LogP) is 2.00. The molecule has 0 radical (unpaired) electrons. The van der Waals surface area contributed by atoms with Crippen LogP contribution in [0.5, 0.6) is 0 Å². The third kappa shape index (κ3) is 2.74. The van der Waals surface area contributed by atoms with E-state index in [9.17, 15) is 4.79 Å². The van der Waals surface area contributed by atoms with Crippen LogP contribution < -0.4 is 5.73 Å². The fourth-order valence-corrected chi connectivity index (χ4v) is 2.93. The molecule has 0 bridgehead atoms. The van der Waals surface area contributed by atoms with Crippen molar-refractivity contribution in [3.63, 3.8) is 0 Å². The van der Waals surface area contributed by atoms with Gasteiger partial charge in [-0.05, 0) is 38.3 Å². The van der Waals surface area contributed by atoms with E-state index in [0.29, 0.717) is 29.4 Å². The summed E-state index contributed by atoms with van der Waals surface area (Å²) in [5, 5.41) is 3.81. The lowest BCUT2D eigenvalue weighted by atomic mass is 9.99. The van der Waals surface area contributed by atoms with E-state index in [-0.39, 0.29) is 11.9 Å². The van der Waals surface area contributed by atoms with Gasteiger partial charge in [-0.25, -0.2) is 0 Å². The molecular weight excluding hydrogens is 280 g/mol. The molecule has 1 unspecified atom stereocenters. The largest absolute Gasteiger partial charge is 0.334 e. The molecule has 0 saturated carbocycles. The first-order chi connectivity index (χ1) is 10.7. The van der Waals surface area contributed by atoms with Crippen molar-refractivity contribution in [2.24, 2.45) is 5.73 Å². The summed E-state index contributed by atoms with van der Waals surface area (Å²) in [5.41, 5.74) is 7.09. The van der Waals surface area contributed by atoms with Crippen LogP contribution in [0.1, 0.15) is 35.4 Å². The number of carbonyl (C=O) groups excluding carboxylic acids is 1. The predicted molar refractivity (Wildman–Crippen MR) is 82.2 cm³/mol. The summed E-state index contributed by atoms with van der Waals surface area (Å²) in [7, 11) is 0. The zero-order chi connectivity index (χ0) is 15.5. The second-order valence-electron chi connectivity index (χ2n) is 5.58. The summed E-state index contributed by atoms with van der Waals surface area (Å²) < 4.78 is 5.23. The number of piperidine rings is 1. The number of hydrogen-bond donors (Lipinski definition) is 1. The standard InChI is InChI=1S/C16H20N4O2/c1-11-18-15(22-19-11)13-7-2-3-8-14(13)16(21)20-9-5-4-6-12(20)10-17/h2-3,7-8,12H,4-6,9-10,17H2,1H3. The molecule has 1 aliphatic heterocycles. The lowest BCUT2D eigenvalue weighted by Crippen LogP contribution is -2.47. The average molecular weight is 300 g/mol. The van der Waals surface area contributed by atoms with Crippen molar-refractivity contribution in [2.45, 2.75) is 32.2 Å². The van der Waals surface area contributed by atoms with Gasteiger partial charge >= 0.3 is 0 Å². The number of hydrogen-bond acceptors (Lipinski definition) is 5. The minimum atomic E-state index is -0.0124. The number of nitrogens with zero attached hydrogens (tertiary/aromatic N) is 3. The molecule has 1 aromatic heterocycles. The molecule has 1 atom stereocenters. The number of aryl methyl sites for hydroxylation is 1. The second kappa shape index (κ2) is 6.27. The van der Waals surface area contributed by atoms with Crippen LogP contribution in [0.3, 0.4) is 0 Å². The molecule has 0 aliphatic carbocycles. The summed E-state index contributed by atoms with van der Waals surface area (Å²) in [6.45, 7) is 3.00. The zero-order valence-electron chi connectivity index (χ0n) is 12.7. The monoisotopic (exact) mass is 300 g/mol. The molecule has 0 spiro atoms. The molecule has 2 N–H and O–H groups in total. The highest BCUT2D eigenvalue weighted by Crippen LogP contribution is 2.26. The minimum Gasteiger partial charge on any atom is -0.334 e. The number of nitrogens with two attached hydrogens (primary N) is 1. The Hall–Kier alpha value is -2.21. The molecule has 1 aliphatic rings. The Bertz CT molecular complexity index is 668. The van der Waals surface area contributed by atoms with Crippen molar-refractivity contribution in [3.8, 4) is 11.5 Å². The summed E-state index contributed by atoms with van der Waals surface area (Å²) >= 11 is 0. The highest BCUT2D eigenvalue weighted by Gasteiger charge is 2.28. The van der Waals surface area contributed by atoms with E-state index in [1.54, 1.807) is 13.0 Å². The van der Waals surface area contributed by atoms with Crippen LogP contribution in [0.2, 0.25) is 0 Å². The van der Waals surface area contributed by atoms with Gasteiger partial charge in [0.25, 0.3) is 11.8 Å². The van der Waals surface area contributed by atoms with Crippen LogP contribution in [-0.2, 0) is 0 Å². The Kier molecular flexibility index (Phi) is 4.20. The molecule has 1 aromatic carbocycles. The lowest BCUT2D eigenvalue weighted by Gasteiger charge is -2.35. The molecule has 3 rings (SSSR count). The highest BCUT2D eigenvalue weighted by molar-refractivity contribution is 6.00. The fraction of sp³-hybridized carbons (Fsp3) is 0.438. The van der Waals surface area contributed by atoms with Gasteiger partial charge < -0.3 is 15.2 Å². The molecule has 2 aromatic rings. The highest BCUT2D eigenvalue weighted by atomic mass is 16.5. The van der Waals surface area contributed by atoms with Crippen LogP contribution >= 0.6 is 0 Å². The van der Waals surface area contributed by atoms with E-state index in [1.807, 2.05) is 23.1 Å². The molecule has 6 heteroatoms. The Morgan fingerprint density at radius 3 is 2.95 bits per heavy atom. The Morgan fingerprint density at radius 2 is 2.23 bits per heavy atom. The van der Waals surface area contributed by atoms with Gasteiger partial charge in [0.2, 0.25) is 0 Å². The van der Waals surface area contributed by atoms with Gasteiger partial charge in [0, 0.05) is 19.1 Å². The van der Waals surface area contributed by atoms with Crippen molar-refractivity contribution >= 4 is 5.91 Å². The van der Waals surface area contributed by atoms with Gasteiger partial charge in [0.05, 0.1) is 11.1 Å². The molecule has 1 fully saturated rings. The number of amides is 1. The summed E-state index contributed by atoms with van der Waals surface area (Å²) in [6.07, 6.45) is 3.10. The van der Waals surface area contributed by atoms with Crippen molar-refractivity contribution in [3.05, 3.63) is 35.7 Å². The topological polar surface area (TPSA) is 85.2 Å².